The Morgan fingerprint density at radius 3 is 2.68 bits per heavy atom. The molecule has 8 heteroatoms. The largest absolute Gasteiger partial charge is 0.455 e. The first-order valence-corrected chi connectivity index (χ1v) is 8.38. The van der Waals surface area contributed by atoms with Crippen molar-refractivity contribution in [3.63, 3.8) is 0 Å². The fraction of sp³-hybridized carbons (Fsp3) is 0.529. The maximum atomic E-state index is 12.7. The van der Waals surface area contributed by atoms with Crippen molar-refractivity contribution in [2.24, 2.45) is 7.05 Å². The summed E-state index contributed by atoms with van der Waals surface area (Å²) in [5, 5.41) is 6.79. The number of nitrogens with one attached hydrogen (secondary N) is 1. The van der Waals surface area contributed by atoms with Crippen LogP contribution in [0.25, 0.3) is 0 Å². The van der Waals surface area contributed by atoms with E-state index in [1.165, 1.54) is 0 Å². The van der Waals surface area contributed by atoms with Gasteiger partial charge in [0, 0.05) is 26.2 Å². The van der Waals surface area contributed by atoms with Gasteiger partial charge in [-0.05, 0) is 39.7 Å². The molecule has 8 nitrogen and oxygen atoms in total. The number of ether oxygens (including phenoxy) is 1. The third-order valence-corrected chi connectivity index (χ3v) is 3.85. The van der Waals surface area contributed by atoms with Gasteiger partial charge in [-0.2, -0.15) is 5.10 Å². The predicted octanol–water partition coefficient (Wildman–Crippen LogP) is 2.16. The lowest BCUT2D eigenvalue weighted by molar-refractivity contribution is 0.00579. The van der Waals surface area contributed by atoms with Crippen molar-refractivity contribution in [3.8, 4) is 0 Å². The van der Waals surface area contributed by atoms with Gasteiger partial charge >= 0.3 is 5.97 Å². The Kier molecular flexibility index (Phi) is 4.36. The van der Waals surface area contributed by atoms with Gasteiger partial charge < -0.3 is 14.6 Å². The normalized spacial score (nSPS) is 14.1. The average molecular weight is 345 g/mol. The first kappa shape index (κ1) is 17.2. The fourth-order valence-electron chi connectivity index (χ4n) is 2.81. The zero-order valence-electron chi connectivity index (χ0n) is 15.0. The van der Waals surface area contributed by atoms with Crippen molar-refractivity contribution in [1.82, 2.24) is 19.3 Å². The van der Waals surface area contributed by atoms with E-state index in [1.807, 2.05) is 25.3 Å². The maximum absolute atomic E-state index is 12.7. The number of rotatable bonds is 3. The number of fused-ring (bicyclic) bond motifs is 1. The number of carbonyl (C=O) groups excluding carboxylic acids is 2. The molecule has 0 spiro atoms. The van der Waals surface area contributed by atoms with Gasteiger partial charge in [0.15, 0.2) is 17.2 Å². The number of amides is 1. The van der Waals surface area contributed by atoms with E-state index >= 15 is 0 Å². The van der Waals surface area contributed by atoms with Gasteiger partial charge in [-0.1, -0.05) is 0 Å². The number of aryl methyl sites for hydroxylation is 2. The minimum absolute atomic E-state index is 0.238. The molecule has 0 aromatic carbocycles. The zero-order valence-corrected chi connectivity index (χ0v) is 15.0. The SMILES string of the molecule is Cn1ccc(C(=O)Nc2nc3n(c2C(=O)OC(C)(C)C)CCCC3)n1. The Morgan fingerprint density at radius 1 is 1.28 bits per heavy atom. The number of esters is 1. The Hall–Kier alpha value is -2.64. The third kappa shape index (κ3) is 3.72. The number of hydrogen-bond donors (Lipinski definition) is 1. The minimum atomic E-state index is -0.626. The van der Waals surface area contributed by atoms with Crippen molar-refractivity contribution in [3.05, 3.63) is 29.5 Å². The second-order valence-electron chi connectivity index (χ2n) is 7.16. The summed E-state index contributed by atoms with van der Waals surface area (Å²) in [5.74, 6) is 0.149. The van der Waals surface area contributed by atoms with E-state index < -0.39 is 17.5 Å². The van der Waals surface area contributed by atoms with Crippen LogP contribution < -0.4 is 5.32 Å². The number of imidazole rings is 1. The monoisotopic (exact) mass is 345 g/mol. The van der Waals surface area contributed by atoms with Crippen LogP contribution in [-0.2, 0) is 24.8 Å². The average Bonchev–Trinajstić information content (AvgIpc) is 3.08. The third-order valence-electron chi connectivity index (χ3n) is 3.85. The molecule has 0 bridgehead atoms. The van der Waals surface area contributed by atoms with Crippen LogP contribution in [0, 0.1) is 0 Å². The van der Waals surface area contributed by atoms with Gasteiger partial charge in [0.1, 0.15) is 11.4 Å². The Morgan fingerprint density at radius 2 is 2.04 bits per heavy atom. The van der Waals surface area contributed by atoms with Gasteiger partial charge in [-0.15, -0.1) is 0 Å². The summed E-state index contributed by atoms with van der Waals surface area (Å²) < 4.78 is 8.91. The highest BCUT2D eigenvalue weighted by atomic mass is 16.6. The molecule has 1 aliphatic rings. The predicted molar refractivity (Wildman–Crippen MR) is 91.5 cm³/mol. The van der Waals surface area contributed by atoms with Gasteiger partial charge in [0.05, 0.1) is 0 Å². The van der Waals surface area contributed by atoms with Crippen LogP contribution in [0.2, 0.25) is 0 Å². The molecule has 25 heavy (non-hydrogen) atoms. The number of hydrogen-bond acceptors (Lipinski definition) is 5. The van der Waals surface area contributed by atoms with Crippen LogP contribution in [-0.4, -0.2) is 36.8 Å². The smallest absolute Gasteiger partial charge is 0.359 e. The molecule has 134 valence electrons. The number of nitrogens with zero attached hydrogens (tertiary/aromatic N) is 4. The van der Waals surface area contributed by atoms with Crippen LogP contribution in [0.4, 0.5) is 5.82 Å². The fourth-order valence-corrected chi connectivity index (χ4v) is 2.81. The highest BCUT2D eigenvalue weighted by Crippen LogP contribution is 2.26. The van der Waals surface area contributed by atoms with E-state index in [4.69, 9.17) is 4.74 Å². The lowest BCUT2D eigenvalue weighted by Crippen LogP contribution is -2.27. The summed E-state index contributed by atoms with van der Waals surface area (Å²) in [4.78, 5) is 29.6. The molecule has 0 unspecified atom stereocenters. The molecule has 3 heterocycles. The van der Waals surface area contributed by atoms with E-state index in [0.29, 0.717) is 12.2 Å². The van der Waals surface area contributed by atoms with Crippen LogP contribution in [0.15, 0.2) is 12.3 Å². The van der Waals surface area contributed by atoms with E-state index in [0.717, 1.165) is 25.1 Å². The summed E-state index contributed by atoms with van der Waals surface area (Å²) in [6.45, 7) is 6.12. The highest BCUT2D eigenvalue weighted by molar-refractivity contribution is 6.05. The molecule has 1 aliphatic heterocycles. The Labute approximate surface area is 146 Å². The lowest BCUT2D eigenvalue weighted by atomic mass is 10.1. The van der Waals surface area contributed by atoms with E-state index in [1.54, 1.807) is 24.0 Å². The van der Waals surface area contributed by atoms with Crippen molar-refractivity contribution < 1.29 is 14.3 Å². The topological polar surface area (TPSA) is 91.0 Å². The maximum Gasteiger partial charge on any atom is 0.359 e. The van der Waals surface area contributed by atoms with Crippen molar-refractivity contribution in [2.75, 3.05) is 5.32 Å². The molecule has 2 aromatic heterocycles. The Bertz CT molecular complexity index is 813. The summed E-state index contributed by atoms with van der Waals surface area (Å²) in [6, 6.07) is 1.61. The van der Waals surface area contributed by atoms with Crippen LogP contribution >= 0.6 is 0 Å². The quantitative estimate of drug-likeness (QED) is 0.861. The number of carbonyl (C=O) groups is 2. The molecule has 2 aromatic rings. The molecule has 0 aliphatic carbocycles. The molecule has 1 N–H and O–H groups in total. The van der Waals surface area contributed by atoms with E-state index in [-0.39, 0.29) is 11.5 Å². The van der Waals surface area contributed by atoms with Crippen LogP contribution in [0.1, 0.15) is 60.4 Å². The summed E-state index contributed by atoms with van der Waals surface area (Å²) in [5.41, 5.74) is -0.0591. The first-order chi connectivity index (χ1) is 11.7. The molecular formula is C17H23N5O3. The molecule has 0 atom stereocenters. The molecule has 0 saturated heterocycles. The van der Waals surface area contributed by atoms with Crippen molar-refractivity contribution in [2.45, 2.75) is 52.2 Å². The zero-order chi connectivity index (χ0) is 18.2. The van der Waals surface area contributed by atoms with Crippen LogP contribution in [0.3, 0.4) is 0 Å². The van der Waals surface area contributed by atoms with E-state index in [9.17, 15) is 9.59 Å². The standard InChI is InChI=1S/C17H23N5O3/c1-17(2,3)25-16(24)13-14(18-12-7-5-6-9-22(12)13)19-15(23)11-8-10-21(4)20-11/h8,10H,5-7,9H2,1-4H3,(H,19,23). The van der Waals surface area contributed by atoms with Crippen molar-refractivity contribution in [1.29, 1.82) is 0 Å². The number of aromatic nitrogens is 4. The summed E-state index contributed by atoms with van der Waals surface area (Å²) in [7, 11) is 1.73. The molecule has 0 saturated carbocycles. The minimum Gasteiger partial charge on any atom is -0.455 e. The van der Waals surface area contributed by atoms with Gasteiger partial charge in [0.2, 0.25) is 0 Å². The Balaban J connectivity index is 1.93. The summed E-state index contributed by atoms with van der Waals surface area (Å²) in [6.07, 6.45) is 4.43. The van der Waals surface area contributed by atoms with Gasteiger partial charge in [0.25, 0.3) is 5.91 Å². The van der Waals surface area contributed by atoms with E-state index in [2.05, 4.69) is 15.4 Å². The van der Waals surface area contributed by atoms with Gasteiger partial charge in [-0.3, -0.25) is 9.48 Å². The first-order valence-electron chi connectivity index (χ1n) is 8.38. The molecular weight excluding hydrogens is 322 g/mol. The lowest BCUT2D eigenvalue weighted by Gasteiger charge is -2.21. The second-order valence-corrected chi connectivity index (χ2v) is 7.16. The molecule has 0 fully saturated rings. The molecule has 3 rings (SSSR count). The van der Waals surface area contributed by atoms with Crippen LogP contribution in [0.5, 0.6) is 0 Å². The molecule has 0 radical (unpaired) electrons. The highest BCUT2D eigenvalue weighted by Gasteiger charge is 2.30. The second kappa shape index (κ2) is 6.34. The number of anilines is 1. The van der Waals surface area contributed by atoms with Gasteiger partial charge in [-0.25, -0.2) is 9.78 Å². The summed E-state index contributed by atoms with van der Waals surface area (Å²) >= 11 is 0. The molecule has 1 amide bonds. The van der Waals surface area contributed by atoms with Crippen molar-refractivity contribution >= 4 is 17.7 Å².